The van der Waals surface area contributed by atoms with Crippen molar-refractivity contribution in [2.75, 3.05) is 19.6 Å². The smallest absolute Gasteiger partial charge is 0.243 e. The van der Waals surface area contributed by atoms with E-state index < -0.39 is 10.0 Å². The zero-order chi connectivity index (χ0) is 15.6. The quantitative estimate of drug-likeness (QED) is 0.908. The second-order valence-electron chi connectivity index (χ2n) is 6.15. The molecule has 0 spiro atoms. The van der Waals surface area contributed by atoms with Crippen molar-refractivity contribution < 1.29 is 8.42 Å². The van der Waals surface area contributed by atoms with Gasteiger partial charge in [-0.2, -0.15) is 4.31 Å². The number of benzene rings is 1. The molecule has 0 aliphatic carbocycles. The Morgan fingerprint density at radius 3 is 2.43 bits per heavy atom. The second kappa shape index (κ2) is 6.46. The first-order valence-corrected chi connectivity index (χ1v) is 9.10. The summed E-state index contributed by atoms with van der Waals surface area (Å²) in [5, 5.41) is 3.26. The standard InChI is InChI=1S/C16H26N2O2S/c1-5-17-9-15-8-16(7-6-12(15)2)21(19,20)18-10-13(3)14(4)11-18/h6-8,13-14,17H,5,9-11H2,1-4H3. The molecule has 1 aromatic rings. The molecule has 1 fully saturated rings. The molecule has 1 saturated heterocycles. The van der Waals surface area contributed by atoms with Crippen LogP contribution in [-0.4, -0.2) is 32.4 Å². The molecular weight excluding hydrogens is 284 g/mol. The zero-order valence-corrected chi connectivity index (χ0v) is 14.2. The predicted molar refractivity (Wildman–Crippen MR) is 85.6 cm³/mol. The monoisotopic (exact) mass is 310 g/mol. The van der Waals surface area contributed by atoms with Gasteiger partial charge < -0.3 is 5.32 Å². The molecule has 0 aromatic heterocycles. The minimum atomic E-state index is -3.36. The fraction of sp³-hybridized carbons (Fsp3) is 0.625. The third-order valence-electron chi connectivity index (χ3n) is 4.48. The van der Waals surface area contributed by atoms with E-state index in [4.69, 9.17) is 0 Å². The Balaban J connectivity index is 2.28. The molecular formula is C16H26N2O2S. The Kier molecular flexibility index (Phi) is 5.07. The highest BCUT2D eigenvalue weighted by Crippen LogP contribution is 2.28. The van der Waals surface area contributed by atoms with Crippen LogP contribution in [-0.2, 0) is 16.6 Å². The summed E-state index contributed by atoms with van der Waals surface area (Å²) in [6.45, 7) is 11.1. The average Bonchev–Trinajstić information content (AvgIpc) is 2.78. The van der Waals surface area contributed by atoms with Crippen molar-refractivity contribution in [2.45, 2.75) is 39.1 Å². The van der Waals surface area contributed by atoms with Gasteiger partial charge in [0.05, 0.1) is 4.90 Å². The van der Waals surface area contributed by atoms with E-state index in [-0.39, 0.29) is 0 Å². The summed E-state index contributed by atoms with van der Waals surface area (Å²) >= 11 is 0. The largest absolute Gasteiger partial charge is 0.313 e. The normalized spacial score (nSPS) is 23.6. The van der Waals surface area contributed by atoms with Crippen LogP contribution in [0.25, 0.3) is 0 Å². The maximum Gasteiger partial charge on any atom is 0.243 e. The minimum absolute atomic E-state index is 0.419. The van der Waals surface area contributed by atoms with Gasteiger partial charge in [-0.3, -0.25) is 0 Å². The number of nitrogens with one attached hydrogen (secondary N) is 1. The van der Waals surface area contributed by atoms with Gasteiger partial charge in [0.1, 0.15) is 0 Å². The van der Waals surface area contributed by atoms with Gasteiger partial charge in [-0.1, -0.05) is 26.8 Å². The van der Waals surface area contributed by atoms with Crippen molar-refractivity contribution in [1.82, 2.24) is 9.62 Å². The Morgan fingerprint density at radius 2 is 1.86 bits per heavy atom. The van der Waals surface area contributed by atoms with Crippen LogP contribution in [0.2, 0.25) is 0 Å². The highest BCUT2D eigenvalue weighted by molar-refractivity contribution is 7.89. The number of hydrogen-bond donors (Lipinski definition) is 1. The van der Waals surface area contributed by atoms with Gasteiger partial charge in [0.25, 0.3) is 0 Å². The number of aryl methyl sites for hydroxylation is 1. The van der Waals surface area contributed by atoms with E-state index in [2.05, 4.69) is 19.2 Å². The van der Waals surface area contributed by atoms with Crippen molar-refractivity contribution in [2.24, 2.45) is 11.8 Å². The molecule has 2 unspecified atom stereocenters. The van der Waals surface area contributed by atoms with Gasteiger partial charge in [0.2, 0.25) is 10.0 Å². The number of hydrogen-bond acceptors (Lipinski definition) is 3. The third-order valence-corrected chi connectivity index (χ3v) is 6.31. The Hall–Kier alpha value is -0.910. The van der Waals surface area contributed by atoms with Crippen molar-refractivity contribution in [3.05, 3.63) is 29.3 Å². The van der Waals surface area contributed by atoms with E-state index in [1.807, 2.05) is 26.0 Å². The highest BCUT2D eigenvalue weighted by Gasteiger charge is 2.35. The fourth-order valence-corrected chi connectivity index (χ4v) is 4.37. The Morgan fingerprint density at radius 1 is 1.24 bits per heavy atom. The molecule has 1 aliphatic heterocycles. The van der Waals surface area contributed by atoms with Crippen molar-refractivity contribution in [1.29, 1.82) is 0 Å². The lowest BCUT2D eigenvalue weighted by Crippen LogP contribution is -2.29. The summed E-state index contributed by atoms with van der Waals surface area (Å²) in [5.74, 6) is 0.845. The van der Waals surface area contributed by atoms with E-state index >= 15 is 0 Å². The van der Waals surface area contributed by atoms with E-state index in [1.54, 1.807) is 10.4 Å². The van der Waals surface area contributed by atoms with Crippen LogP contribution in [0.3, 0.4) is 0 Å². The summed E-state index contributed by atoms with van der Waals surface area (Å²) in [5.41, 5.74) is 2.18. The van der Waals surface area contributed by atoms with Crippen LogP contribution >= 0.6 is 0 Å². The molecule has 118 valence electrons. The molecule has 4 nitrogen and oxygen atoms in total. The topological polar surface area (TPSA) is 49.4 Å². The number of nitrogens with zero attached hydrogens (tertiary/aromatic N) is 1. The van der Waals surface area contributed by atoms with Gasteiger partial charge in [-0.25, -0.2) is 8.42 Å². The summed E-state index contributed by atoms with van der Waals surface area (Å²) in [6.07, 6.45) is 0. The molecule has 0 saturated carbocycles. The lowest BCUT2D eigenvalue weighted by Gasteiger charge is -2.17. The molecule has 0 radical (unpaired) electrons. The number of sulfonamides is 1. The molecule has 1 aliphatic rings. The summed E-state index contributed by atoms with van der Waals surface area (Å²) in [4.78, 5) is 0.419. The third kappa shape index (κ3) is 3.47. The van der Waals surface area contributed by atoms with Crippen LogP contribution in [0.4, 0.5) is 0 Å². The van der Waals surface area contributed by atoms with E-state index in [1.165, 1.54) is 0 Å². The predicted octanol–water partition coefficient (Wildman–Crippen LogP) is 2.38. The van der Waals surface area contributed by atoms with Crippen molar-refractivity contribution >= 4 is 10.0 Å². The van der Waals surface area contributed by atoms with Crippen LogP contribution in [0.15, 0.2) is 23.1 Å². The molecule has 1 N–H and O–H groups in total. The van der Waals surface area contributed by atoms with E-state index in [0.717, 1.165) is 17.7 Å². The maximum absolute atomic E-state index is 12.8. The molecule has 0 bridgehead atoms. The van der Waals surface area contributed by atoms with Crippen molar-refractivity contribution in [3.8, 4) is 0 Å². The fourth-order valence-electron chi connectivity index (χ4n) is 2.68. The first-order valence-electron chi connectivity index (χ1n) is 7.66. The first kappa shape index (κ1) is 16.5. The van der Waals surface area contributed by atoms with Crippen LogP contribution in [0, 0.1) is 18.8 Å². The molecule has 0 amide bonds. The van der Waals surface area contributed by atoms with Gasteiger partial charge in [-0.15, -0.1) is 0 Å². The first-order chi connectivity index (χ1) is 9.86. The lowest BCUT2D eigenvalue weighted by atomic mass is 10.0. The molecule has 2 rings (SSSR count). The van der Waals surface area contributed by atoms with Gasteiger partial charge in [0.15, 0.2) is 0 Å². The molecule has 5 heteroatoms. The van der Waals surface area contributed by atoms with E-state index in [0.29, 0.717) is 36.4 Å². The maximum atomic E-state index is 12.8. The second-order valence-corrected chi connectivity index (χ2v) is 8.08. The van der Waals surface area contributed by atoms with E-state index in [9.17, 15) is 8.42 Å². The van der Waals surface area contributed by atoms with Gasteiger partial charge in [0, 0.05) is 19.6 Å². The average molecular weight is 310 g/mol. The van der Waals surface area contributed by atoms with Crippen LogP contribution < -0.4 is 5.32 Å². The molecule has 21 heavy (non-hydrogen) atoms. The Labute approximate surface area is 128 Å². The van der Waals surface area contributed by atoms with Crippen LogP contribution in [0.5, 0.6) is 0 Å². The van der Waals surface area contributed by atoms with Crippen LogP contribution in [0.1, 0.15) is 31.9 Å². The zero-order valence-electron chi connectivity index (χ0n) is 13.4. The molecule has 1 heterocycles. The number of rotatable bonds is 5. The van der Waals surface area contributed by atoms with Gasteiger partial charge >= 0.3 is 0 Å². The SMILES string of the molecule is CCNCc1cc(S(=O)(=O)N2CC(C)C(C)C2)ccc1C. The molecule has 1 aromatic carbocycles. The summed E-state index contributed by atoms with van der Waals surface area (Å²) in [6, 6.07) is 5.46. The lowest BCUT2D eigenvalue weighted by molar-refractivity contribution is 0.463. The molecule has 2 atom stereocenters. The summed E-state index contributed by atoms with van der Waals surface area (Å²) in [7, 11) is -3.36. The minimum Gasteiger partial charge on any atom is -0.313 e. The van der Waals surface area contributed by atoms with Gasteiger partial charge in [-0.05, 0) is 48.6 Å². The summed E-state index contributed by atoms with van der Waals surface area (Å²) < 4.78 is 27.2. The van der Waals surface area contributed by atoms with Crippen molar-refractivity contribution in [3.63, 3.8) is 0 Å². The Bertz CT molecular complexity index is 588. The highest BCUT2D eigenvalue weighted by atomic mass is 32.2.